The van der Waals surface area contributed by atoms with Crippen LogP contribution in [-0.4, -0.2) is 11.1 Å². The number of aryl methyl sites for hydroxylation is 2. The van der Waals surface area contributed by atoms with E-state index in [0.29, 0.717) is 17.1 Å². The Morgan fingerprint density at radius 3 is 2.89 bits per heavy atom. The van der Waals surface area contributed by atoms with Crippen molar-refractivity contribution >= 4 is 0 Å². The molecule has 1 atom stereocenters. The topological polar surface area (TPSA) is 22.1 Å². The third kappa shape index (κ3) is 2.21. The van der Waals surface area contributed by atoms with Gasteiger partial charge >= 0.3 is 0 Å². The molecular weight excluding hydrogens is 241 g/mol. The van der Waals surface area contributed by atoms with Gasteiger partial charge in [-0.2, -0.15) is 0 Å². The van der Waals surface area contributed by atoms with E-state index in [1.165, 1.54) is 6.07 Å². The lowest BCUT2D eigenvalue weighted by Crippen LogP contribution is -2.20. The van der Waals surface area contributed by atoms with Gasteiger partial charge in [-0.15, -0.1) is 0 Å². The molecule has 0 amide bonds. The Hall–Kier alpha value is -1.90. The molecule has 2 heterocycles. The molecule has 2 aromatic rings. The fourth-order valence-corrected chi connectivity index (χ4v) is 2.47. The Morgan fingerprint density at radius 2 is 2.11 bits per heavy atom. The number of nitrogens with zero attached hydrogens (tertiary/aromatic N) is 1. The van der Waals surface area contributed by atoms with Gasteiger partial charge in [0.2, 0.25) is 5.88 Å². The lowest BCUT2D eigenvalue weighted by Gasteiger charge is -2.23. The van der Waals surface area contributed by atoms with Crippen molar-refractivity contribution in [3.05, 3.63) is 47.3 Å². The summed E-state index contributed by atoms with van der Waals surface area (Å²) in [6.07, 6.45) is 2.16. The number of hydrogen-bond donors (Lipinski definition) is 0. The van der Waals surface area contributed by atoms with Crippen LogP contribution in [0.3, 0.4) is 0 Å². The van der Waals surface area contributed by atoms with Crippen LogP contribution in [0.25, 0.3) is 11.3 Å². The first-order valence-electron chi connectivity index (χ1n) is 6.57. The van der Waals surface area contributed by atoms with Crippen LogP contribution in [0, 0.1) is 12.7 Å². The van der Waals surface area contributed by atoms with E-state index < -0.39 is 0 Å². The van der Waals surface area contributed by atoms with Gasteiger partial charge in [0.15, 0.2) is 0 Å². The van der Waals surface area contributed by atoms with Crippen molar-refractivity contribution in [3.63, 3.8) is 0 Å². The van der Waals surface area contributed by atoms with Gasteiger partial charge in [-0.1, -0.05) is 12.1 Å². The van der Waals surface area contributed by atoms with E-state index in [1.54, 1.807) is 12.1 Å². The zero-order valence-corrected chi connectivity index (χ0v) is 11.1. The number of pyridine rings is 1. The molecular formula is C16H16FNO. The van der Waals surface area contributed by atoms with E-state index in [9.17, 15) is 4.39 Å². The molecule has 3 rings (SSSR count). The molecule has 0 aliphatic carbocycles. The molecule has 1 aliphatic rings. The minimum atomic E-state index is -0.248. The highest BCUT2D eigenvalue weighted by atomic mass is 19.1. The Kier molecular flexibility index (Phi) is 2.97. The standard InChI is InChI=1S/C16H16FNO/c1-10-9-12-8-7-11(2)19-16(12)18-15(10)13-5-3-4-6-14(13)17/h3-6,9,11H,7-8H2,1-2H3. The molecule has 1 aromatic carbocycles. The Labute approximate surface area is 112 Å². The molecule has 1 aliphatic heterocycles. The molecule has 0 bridgehead atoms. The number of hydrogen-bond acceptors (Lipinski definition) is 2. The van der Waals surface area contributed by atoms with Crippen LogP contribution in [-0.2, 0) is 6.42 Å². The highest BCUT2D eigenvalue weighted by Gasteiger charge is 2.20. The first-order chi connectivity index (χ1) is 9.15. The number of ether oxygens (including phenoxy) is 1. The van der Waals surface area contributed by atoms with E-state index in [4.69, 9.17) is 4.74 Å². The quantitative estimate of drug-likeness (QED) is 0.772. The molecule has 3 heteroatoms. The molecule has 0 saturated heterocycles. The second-order valence-electron chi connectivity index (χ2n) is 5.07. The van der Waals surface area contributed by atoms with Gasteiger partial charge in [-0.05, 0) is 50.5 Å². The van der Waals surface area contributed by atoms with Gasteiger partial charge in [0.25, 0.3) is 0 Å². The Morgan fingerprint density at radius 1 is 1.32 bits per heavy atom. The maximum Gasteiger partial charge on any atom is 0.217 e. The molecule has 0 radical (unpaired) electrons. The van der Waals surface area contributed by atoms with E-state index in [-0.39, 0.29) is 11.9 Å². The number of rotatable bonds is 1. The lowest BCUT2D eigenvalue weighted by atomic mass is 10.00. The van der Waals surface area contributed by atoms with Gasteiger partial charge in [0, 0.05) is 11.1 Å². The fourth-order valence-electron chi connectivity index (χ4n) is 2.47. The number of fused-ring (bicyclic) bond motifs is 1. The first-order valence-corrected chi connectivity index (χ1v) is 6.57. The van der Waals surface area contributed by atoms with Gasteiger partial charge < -0.3 is 4.74 Å². The predicted molar refractivity (Wildman–Crippen MR) is 72.8 cm³/mol. The largest absolute Gasteiger partial charge is 0.474 e. The zero-order chi connectivity index (χ0) is 13.4. The average Bonchev–Trinajstić information content (AvgIpc) is 2.39. The van der Waals surface area contributed by atoms with Crippen LogP contribution in [0.1, 0.15) is 24.5 Å². The molecule has 1 unspecified atom stereocenters. The SMILES string of the molecule is Cc1cc2c(nc1-c1ccccc1F)OC(C)CC2. The first kappa shape index (κ1) is 12.2. The summed E-state index contributed by atoms with van der Waals surface area (Å²) in [7, 11) is 0. The van der Waals surface area contributed by atoms with E-state index >= 15 is 0 Å². The highest BCUT2D eigenvalue weighted by Crippen LogP contribution is 2.32. The number of benzene rings is 1. The number of aromatic nitrogens is 1. The van der Waals surface area contributed by atoms with Crippen molar-refractivity contribution in [1.82, 2.24) is 4.98 Å². The maximum atomic E-state index is 13.9. The molecule has 0 saturated carbocycles. The summed E-state index contributed by atoms with van der Waals surface area (Å²) < 4.78 is 19.6. The van der Waals surface area contributed by atoms with Crippen molar-refractivity contribution in [1.29, 1.82) is 0 Å². The molecule has 98 valence electrons. The molecule has 1 aromatic heterocycles. The molecule has 0 N–H and O–H groups in total. The van der Waals surface area contributed by atoms with Gasteiger partial charge in [0.1, 0.15) is 5.82 Å². The van der Waals surface area contributed by atoms with Crippen molar-refractivity contribution in [2.24, 2.45) is 0 Å². The second kappa shape index (κ2) is 4.65. The molecule has 19 heavy (non-hydrogen) atoms. The van der Waals surface area contributed by atoms with Crippen LogP contribution < -0.4 is 4.74 Å². The summed E-state index contributed by atoms with van der Waals surface area (Å²) in [4.78, 5) is 4.53. The third-order valence-corrected chi connectivity index (χ3v) is 3.51. The average molecular weight is 257 g/mol. The normalized spacial score (nSPS) is 17.7. The Bertz CT molecular complexity index is 624. The van der Waals surface area contributed by atoms with Gasteiger partial charge in [-0.3, -0.25) is 0 Å². The molecule has 0 fully saturated rings. The summed E-state index contributed by atoms with van der Waals surface area (Å²) in [6.45, 7) is 4.00. The highest BCUT2D eigenvalue weighted by molar-refractivity contribution is 5.65. The second-order valence-corrected chi connectivity index (χ2v) is 5.07. The van der Waals surface area contributed by atoms with Crippen LogP contribution >= 0.6 is 0 Å². The summed E-state index contributed by atoms with van der Waals surface area (Å²) in [5, 5.41) is 0. The van der Waals surface area contributed by atoms with Crippen LogP contribution in [0.4, 0.5) is 4.39 Å². The molecule has 0 spiro atoms. The van der Waals surface area contributed by atoms with Crippen LogP contribution in [0.5, 0.6) is 5.88 Å². The van der Waals surface area contributed by atoms with Crippen molar-refractivity contribution < 1.29 is 9.13 Å². The van der Waals surface area contributed by atoms with Crippen molar-refractivity contribution in [2.75, 3.05) is 0 Å². The minimum absolute atomic E-state index is 0.177. The summed E-state index contributed by atoms with van der Waals surface area (Å²) >= 11 is 0. The Balaban J connectivity index is 2.13. The fraction of sp³-hybridized carbons (Fsp3) is 0.312. The lowest BCUT2D eigenvalue weighted by molar-refractivity contribution is 0.183. The smallest absolute Gasteiger partial charge is 0.217 e. The van der Waals surface area contributed by atoms with E-state index in [0.717, 1.165) is 24.0 Å². The summed E-state index contributed by atoms with van der Waals surface area (Å²) in [5.74, 6) is 0.407. The summed E-state index contributed by atoms with van der Waals surface area (Å²) in [6, 6.07) is 8.78. The third-order valence-electron chi connectivity index (χ3n) is 3.51. The summed E-state index contributed by atoms with van der Waals surface area (Å²) in [5.41, 5.74) is 3.31. The van der Waals surface area contributed by atoms with E-state index in [2.05, 4.69) is 11.1 Å². The monoisotopic (exact) mass is 257 g/mol. The van der Waals surface area contributed by atoms with Gasteiger partial charge in [0.05, 0.1) is 11.8 Å². The van der Waals surface area contributed by atoms with Crippen molar-refractivity contribution in [2.45, 2.75) is 32.8 Å². The van der Waals surface area contributed by atoms with Gasteiger partial charge in [-0.25, -0.2) is 9.37 Å². The maximum absolute atomic E-state index is 13.9. The van der Waals surface area contributed by atoms with Crippen LogP contribution in [0.2, 0.25) is 0 Å². The predicted octanol–water partition coefficient (Wildman–Crippen LogP) is 3.91. The van der Waals surface area contributed by atoms with Crippen molar-refractivity contribution in [3.8, 4) is 17.1 Å². The van der Waals surface area contributed by atoms with E-state index in [1.807, 2.05) is 19.9 Å². The number of halogens is 1. The minimum Gasteiger partial charge on any atom is -0.474 e. The van der Waals surface area contributed by atoms with Crippen LogP contribution in [0.15, 0.2) is 30.3 Å². The zero-order valence-electron chi connectivity index (χ0n) is 11.1. The molecule has 2 nitrogen and oxygen atoms in total.